The molecule has 0 aliphatic heterocycles. The number of carbonyl (C=O) groups excluding carboxylic acids is 12. The number of benzene rings is 1. The summed E-state index contributed by atoms with van der Waals surface area (Å²) < 4.78 is 0. The maximum Gasteiger partial charge on any atom is 0.326 e. The van der Waals surface area contributed by atoms with Crippen molar-refractivity contribution in [3.63, 3.8) is 0 Å². The number of H-pyrrole nitrogens is 1. The largest absolute Gasteiger partial charge is 0.481 e. The first-order valence-electron chi connectivity index (χ1n) is 36.9. The lowest BCUT2D eigenvalue weighted by Gasteiger charge is -2.29. The molecule has 33 N–H and O–H groups in total. The van der Waals surface area contributed by atoms with E-state index in [9.17, 15) is 87.5 Å². The average molecular weight is 1600 g/mol. The number of aliphatic imine (C=N–C) groups is 3. The Morgan fingerprint density at radius 1 is 0.455 bits per heavy atom. The van der Waals surface area contributed by atoms with Gasteiger partial charge in [0, 0.05) is 48.9 Å². The fourth-order valence-electron chi connectivity index (χ4n) is 11.1. The van der Waals surface area contributed by atoms with Gasteiger partial charge in [0.1, 0.15) is 72.5 Å². The molecule has 0 unspecified atom stereocenters. The highest BCUT2D eigenvalue weighted by Crippen LogP contribution is 2.21. The third kappa shape index (κ3) is 36.0. The minimum absolute atomic E-state index is 0.0182. The number of hydrogen-bond donors (Lipinski definition) is 26. The number of unbranched alkanes of at least 4 members (excludes halogenated alkanes) is 1. The van der Waals surface area contributed by atoms with E-state index < -0.39 is 193 Å². The molecule has 0 fully saturated rings. The van der Waals surface area contributed by atoms with Crippen LogP contribution in [0.5, 0.6) is 0 Å². The van der Waals surface area contributed by atoms with E-state index in [-0.39, 0.29) is 127 Å². The van der Waals surface area contributed by atoms with Gasteiger partial charge >= 0.3 is 11.9 Å². The number of aliphatic hydroxyl groups excluding tert-OH is 2. The number of guanidine groups is 3. The standard InChI is InChI=1S/C69H118N24O18S/c1-8-36(6)53(65(109)89-47(28-38-30-81-41-18-10-9-16-39(38)41)60(104)87-45(26-34(2)3)58(102)82-37(7)54(98)83-42(20-14-24-79-68(74)75)56(100)85-44(66(110)111)19-11-12-22-70)93-63(107)50(32-95)90-57(101)43(21-15-25-80-69(76)77)84-62(106)49(31-94)91-64(108)51(33-112)92-59(103)46(27-35(4)5)88-61(105)48(29-52(96)97)86-55(99)40(71)17-13-23-78-67(72)73/h9-10,16,18,30,34-37,40,42-51,53,81,94-95,112H,8,11-15,17,19-29,31-33,70-71H2,1-7H3,(H,82,102)(H,83,98)(H,84,106)(H,85,100)(H,86,99)(H,87,104)(H,88,105)(H,89,109)(H,90,101)(H,91,108)(H,92,103)(H,93,107)(H,96,97)(H,110,111)(H4,72,73,78)(H4,74,75,79)(H4,76,77,80)/t36-,37-,40-,42-,43-,44-,45-,46-,47-,48-,49-,50-,51-,53-/m0/s1. The molecule has 628 valence electrons. The van der Waals surface area contributed by atoms with E-state index in [0.717, 1.165) is 0 Å². The molecule has 0 aliphatic carbocycles. The maximum atomic E-state index is 14.9. The highest BCUT2D eigenvalue weighted by Gasteiger charge is 2.38. The number of aromatic amines is 1. The summed E-state index contributed by atoms with van der Waals surface area (Å²) in [5.74, 6) is -17.3. The zero-order valence-electron chi connectivity index (χ0n) is 64.4. The van der Waals surface area contributed by atoms with Gasteiger partial charge in [0.05, 0.1) is 25.7 Å². The SMILES string of the molecule is CC[C@H](C)[C@H](NC(=O)[C@H](CO)NC(=O)[C@H](CCCN=C(N)N)NC(=O)[C@H](CO)NC(=O)[C@H](CS)NC(=O)[C@H](CC(C)C)NC(=O)[C@H](CC(=O)O)NC(=O)[C@@H](N)CCCN=C(N)N)C(=O)N[C@@H](Cc1c[nH]c2ccccc12)C(=O)N[C@@H](CC(C)C)C(=O)N[C@@H](C)C(=O)N[C@@H](CCCN=C(N)N)C(=O)N[C@@H](CCCCN)C(=O)O. The van der Waals surface area contributed by atoms with Crippen LogP contribution in [0.15, 0.2) is 45.4 Å². The molecule has 0 bridgehead atoms. The summed E-state index contributed by atoms with van der Waals surface area (Å²) in [6.07, 6.45) is 1.53. The molecule has 2 rings (SSSR count). The van der Waals surface area contributed by atoms with Crippen molar-refractivity contribution < 1.29 is 87.5 Å². The minimum Gasteiger partial charge on any atom is -0.481 e. The average Bonchev–Trinajstić information content (AvgIpc) is 1.64. The second-order valence-electron chi connectivity index (χ2n) is 27.8. The highest BCUT2D eigenvalue weighted by atomic mass is 32.1. The van der Waals surface area contributed by atoms with Crippen LogP contribution in [-0.2, 0) is 73.5 Å². The third-order valence-electron chi connectivity index (χ3n) is 17.4. The van der Waals surface area contributed by atoms with Crippen LogP contribution in [-0.4, -0.2) is 250 Å². The molecule has 14 atom stereocenters. The first-order valence-corrected chi connectivity index (χ1v) is 37.5. The highest BCUT2D eigenvalue weighted by molar-refractivity contribution is 7.80. The Labute approximate surface area is 654 Å². The van der Waals surface area contributed by atoms with Crippen LogP contribution in [0.4, 0.5) is 0 Å². The molecule has 1 aromatic heterocycles. The van der Waals surface area contributed by atoms with Crippen molar-refractivity contribution in [2.45, 2.75) is 217 Å². The number of carbonyl (C=O) groups is 14. The van der Waals surface area contributed by atoms with Gasteiger partial charge in [0.15, 0.2) is 17.9 Å². The van der Waals surface area contributed by atoms with Gasteiger partial charge in [-0.25, -0.2) is 4.79 Å². The number of nitrogens with two attached hydrogens (primary N) is 8. The number of nitrogens with zero attached hydrogens (tertiary/aromatic N) is 3. The molecule has 43 heteroatoms. The minimum atomic E-state index is -1.87. The lowest BCUT2D eigenvalue weighted by atomic mass is 9.96. The number of nitrogens with one attached hydrogen (secondary N) is 13. The topological polar surface area (TPSA) is 725 Å². The molecule has 0 radical (unpaired) electrons. The second-order valence-corrected chi connectivity index (χ2v) is 28.1. The zero-order chi connectivity index (χ0) is 84.5. The van der Waals surface area contributed by atoms with Crippen molar-refractivity contribution in [1.29, 1.82) is 0 Å². The molecule has 1 aromatic carbocycles. The van der Waals surface area contributed by atoms with E-state index in [1.54, 1.807) is 72.0 Å². The summed E-state index contributed by atoms with van der Waals surface area (Å²) in [7, 11) is 0. The smallest absolute Gasteiger partial charge is 0.326 e. The summed E-state index contributed by atoms with van der Waals surface area (Å²) >= 11 is 4.19. The Bertz CT molecular complexity index is 3550. The molecule has 0 saturated carbocycles. The fraction of sp³-hybridized carbons (Fsp3) is 0.638. The van der Waals surface area contributed by atoms with Gasteiger partial charge in [-0.2, -0.15) is 12.6 Å². The van der Waals surface area contributed by atoms with E-state index in [1.165, 1.54) is 6.92 Å². The van der Waals surface area contributed by atoms with Gasteiger partial charge < -0.3 is 135 Å². The third-order valence-corrected chi connectivity index (χ3v) is 17.8. The summed E-state index contributed by atoms with van der Waals surface area (Å²) in [5, 5.41) is 71.1. The molecular weight excluding hydrogens is 1480 g/mol. The summed E-state index contributed by atoms with van der Waals surface area (Å²) in [6, 6.07) is -12.8. The Kier molecular flexibility index (Phi) is 44.4. The number of aliphatic carboxylic acids is 2. The predicted molar refractivity (Wildman–Crippen MR) is 418 cm³/mol. The normalized spacial score (nSPS) is 14.9. The van der Waals surface area contributed by atoms with E-state index >= 15 is 0 Å². The van der Waals surface area contributed by atoms with Crippen LogP contribution >= 0.6 is 12.6 Å². The van der Waals surface area contributed by atoms with Crippen molar-refractivity contribution in [3.8, 4) is 0 Å². The van der Waals surface area contributed by atoms with Gasteiger partial charge in [0.2, 0.25) is 70.9 Å². The number of amides is 12. The lowest BCUT2D eigenvalue weighted by molar-refractivity contribution is -0.142. The van der Waals surface area contributed by atoms with Crippen molar-refractivity contribution in [1.82, 2.24) is 68.8 Å². The molecule has 2 aromatic rings. The van der Waals surface area contributed by atoms with Crippen LogP contribution in [0, 0.1) is 17.8 Å². The number of carboxylic acid groups (broad SMARTS) is 2. The number of carboxylic acids is 2. The summed E-state index contributed by atoms with van der Waals surface area (Å²) in [6.45, 7) is 9.58. The molecule has 0 spiro atoms. The lowest BCUT2D eigenvalue weighted by Crippen LogP contribution is -2.62. The maximum absolute atomic E-state index is 14.9. The number of aromatic nitrogens is 1. The van der Waals surface area contributed by atoms with Gasteiger partial charge in [-0.3, -0.25) is 77.3 Å². The first-order chi connectivity index (χ1) is 52.8. The monoisotopic (exact) mass is 1600 g/mol. The number of fused-ring (bicyclic) bond motifs is 1. The Balaban J connectivity index is 2.48. The Hall–Kier alpha value is -10.7. The van der Waals surface area contributed by atoms with Gasteiger partial charge in [0.25, 0.3) is 0 Å². The number of aliphatic hydroxyl groups is 2. The van der Waals surface area contributed by atoms with E-state index in [1.807, 2.05) is 0 Å². The first kappa shape index (κ1) is 97.4. The van der Waals surface area contributed by atoms with Crippen molar-refractivity contribution in [2.24, 2.45) is 78.6 Å². The quantitative estimate of drug-likeness (QED) is 0.0127. The van der Waals surface area contributed by atoms with Crippen LogP contribution in [0.2, 0.25) is 0 Å². The van der Waals surface area contributed by atoms with E-state index in [0.29, 0.717) is 29.3 Å². The van der Waals surface area contributed by atoms with Crippen LogP contribution in [0.25, 0.3) is 10.9 Å². The number of rotatable bonds is 54. The molecule has 0 aliphatic rings. The number of para-hydroxylation sites is 1. The molecule has 1 heterocycles. The molecule has 42 nitrogen and oxygen atoms in total. The molecular formula is C69H118N24O18S. The van der Waals surface area contributed by atoms with E-state index in [4.69, 9.17) is 45.9 Å². The molecule has 0 saturated heterocycles. The van der Waals surface area contributed by atoms with Crippen LogP contribution in [0.1, 0.15) is 138 Å². The van der Waals surface area contributed by atoms with Gasteiger partial charge in [-0.05, 0) is 113 Å². The van der Waals surface area contributed by atoms with Crippen LogP contribution in [0.3, 0.4) is 0 Å². The summed E-state index contributed by atoms with van der Waals surface area (Å²) in [5.41, 5.74) is 45.4. The van der Waals surface area contributed by atoms with Gasteiger partial charge in [-0.1, -0.05) is 66.2 Å². The molecule has 12 amide bonds. The fourth-order valence-corrected chi connectivity index (χ4v) is 11.4. The Morgan fingerprint density at radius 3 is 1.32 bits per heavy atom. The number of thiol groups is 1. The predicted octanol–water partition coefficient (Wildman–Crippen LogP) is -7.22. The Morgan fingerprint density at radius 2 is 0.848 bits per heavy atom. The van der Waals surface area contributed by atoms with Gasteiger partial charge in [-0.15, -0.1) is 0 Å². The van der Waals surface area contributed by atoms with E-state index in [2.05, 4.69) is 96.4 Å². The molecule has 112 heavy (non-hydrogen) atoms. The van der Waals surface area contributed by atoms with Crippen molar-refractivity contribution >= 4 is 124 Å². The summed E-state index contributed by atoms with van der Waals surface area (Å²) in [4.78, 5) is 207. The van der Waals surface area contributed by atoms with Crippen molar-refractivity contribution in [2.75, 3.05) is 45.1 Å². The number of hydrogen-bond acceptors (Lipinski definition) is 22. The zero-order valence-corrected chi connectivity index (χ0v) is 65.3. The van der Waals surface area contributed by atoms with Crippen molar-refractivity contribution in [3.05, 3.63) is 36.0 Å². The van der Waals surface area contributed by atoms with Crippen LogP contribution < -0.4 is 110 Å². The second kappa shape index (κ2) is 51.0.